The molecule has 0 bridgehead atoms. The fourth-order valence-electron chi connectivity index (χ4n) is 3.66. The Morgan fingerprint density at radius 3 is 2.34 bits per heavy atom. The van der Waals surface area contributed by atoms with Gasteiger partial charge in [0, 0.05) is 58.9 Å². The van der Waals surface area contributed by atoms with Gasteiger partial charge in [0.2, 0.25) is 12.4 Å². The predicted octanol–water partition coefficient (Wildman–Crippen LogP) is 0.985. The zero-order chi connectivity index (χ0) is 19.9. The van der Waals surface area contributed by atoms with Gasteiger partial charge in [-0.1, -0.05) is 42.5 Å². The summed E-state index contributed by atoms with van der Waals surface area (Å²) in [5.74, 6) is 1.54. The molecule has 1 aromatic heterocycles. The highest BCUT2D eigenvalue weighted by Gasteiger charge is 2.21. The molecule has 3 heterocycles. The number of carbonyl (C=O) groups excluding carboxylic acids is 1. The summed E-state index contributed by atoms with van der Waals surface area (Å²) in [6.45, 7) is 7.69. The van der Waals surface area contributed by atoms with Crippen LogP contribution in [0.2, 0.25) is 0 Å². The average molecular weight is 393 g/mol. The minimum Gasteiger partial charge on any atom is -0.353 e. The Morgan fingerprint density at radius 1 is 0.897 bits per heavy atom. The van der Waals surface area contributed by atoms with Crippen molar-refractivity contribution in [3.63, 3.8) is 0 Å². The van der Waals surface area contributed by atoms with E-state index in [-0.39, 0.29) is 0 Å². The van der Waals surface area contributed by atoms with Gasteiger partial charge in [-0.05, 0) is 5.56 Å². The molecule has 0 spiro atoms. The van der Waals surface area contributed by atoms with Crippen LogP contribution in [0, 0.1) is 0 Å². The third-order valence-electron chi connectivity index (χ3n) is 5.45. The maximum absolute atomic E-state index is 10.9. The number of hydrogen-bond acceptors (Lipinski definition) is 7. The Morgan fingerprint density at radius 2 is 1.62 bits per heavy atom. The number of amides is 1. The van der Waals surface area contributed by atoms with Crippen LogP contribution in [-0.2, 0) is 4.79 Å². The molecule has 2 aliphatic heterocycles. The van der Waals surface area contributed by atoms with E-state index in [9.17, 15) is 4.79 Å². The molecule has 4 rings (SSSR count). The minimum atomic E-state index is 0.654. The van der Waals surface area contributed by atoms with E-state index >= 15 is 0 Å². The van der Waals surface area contributed by atoms with Gasteiger partial charge < -0.3 is 14.7 Å². The minimum absolute atomic E-state index is 0.654. The van der Waals surface area contributed by atoms with Crippen LogP contribution in [0.25, 0.3) is 6.08 Å². The molecule has 152 valence electrons. The predicted molar refractivity (Wildman–Crippen MR) is 114 cm³/mol. The fourth-order valence-corrected chi connectivity index (χ4v) is 3.66. The SMILES string of the molecule is O=CN1CCN(c2nncc(N3CCN(C/C=C/c4ccccc4)CC3)n2)CC1. The Balaban J connectivity index is 1.28. The summed E-state index contributed by atoms with van der Waals surface area (Å²) in [5, 5.41) is 8.38. The van der Waals surface area contributed by atoms with Gasteiger partial charge in [0.05, 0.1) is 6.20 Å². The average Bonchev–Trinajstić information content (AvgIpc) is 2.80. The lowest BCUT2D eigenvalue weighted by Gasteiger charge is -2.35. The number of rotatable bonds is 6. The zero-order valence-corrected chi connectivity index (χ0v) is 16.6. The largest absolute Gasteiger partial charge is 0.353 e. The van der Waals surface area contributed by atoms with Gasteiger partial charge in [0.15, 0.2) is 5.82 Å². The van der Waals surface area contributed by atoms with Crippen LogP contribution in [-0.4, -0.2) is 90.3 Å². The second kappa shape index (κ2) is 9.47. The topological polar surface area (TPSA) is 68.7 Å². The number of hydrogen-bond donors (Lipinski definition) is 0. The number of aromatic nitrogens is 3. The van der Waals surface area contributed by atoms with Gasteiger partial charge in [-0.15, -0.1) is 5.10 Å². The number of piperazine rings is 2. The maximum atomic E-state index is 10.9. The quantitative estimate of drug-likeness (QED) is 0.678. The van der Waals surface area contributed by atoms with Crippen molar-refractivity contribution in [3.8, 4) is 0 Å². The second-order valence-electron chi connectivity index (χ2n) is 7.34. The van der Waals surface area contributed by atoms with Gasteiger partial charge in [-0.2, -0.15) is 10.1 Å². The summed E-state index contributed by atoms with van der Waals surface area (Å²) in [4.78, 5) is 24.2. The van der Waals surface area contributed by atoms with Crippen LogP contribution in [0.5, 0.6) is 0 Å². The first-order chi connectivity index (χ1) is 14.3. The summed E-state index contributed by atoms with van der Waals surface area (Å²) in [5.41, 5.74) is 1.24. The Hall–Kier alpha value is -3.00. The lowest BCUT2D eigenvalue weighted by Crippen LogP contribution is -2.48. The molecule has 1 amide bonds. The van der Waals surface area contributed by atoms with E-state index < -0.39 is 0 Å². The molecular formula is C21H27N7O. The molecule has 0 saturated carbocycles. The van der Waals surface area contributed by atoms with Crippen molar-refractivity contribution in [2.24, 2.45) is 0 Å². The van der Waals surface area contributed by atoms with Gasteiger partial charge >= 0.3 is 0 Å². The lowest BCUT2D eigenvalue weighted by molar-refractivity contribution is -0.118. The van der Waals surface area contributed by atoms with E-state index in [4.69, 9.17) is 4.98 Å². The van der Waals surface area contributed by atoms with Crippen LogP contribution in [0.1, 0.15) is 5.56 Å². The molecule has 2 fully saturated rings. The molecule has 8 nitrogen and oxygen atoms in total. The Labute approximate surface area is 171 Å². The maximum Gasteiger partial charge on any atom is 0.247 e. The van der Waals surface area contributed by atoms with E-state index in [1.165, 1.54) is 5.56 Å². The molecule has 0 N–H and O–H groups in total. The summed E-state index contributed by atoms with van der Waals surface area (Å²) < 4.78 is 0. The number of anilines is 2. The monoisotopic (exact) mass is 393 g/mol. The standard InChI is InChI=1S/C21H27N7O/c29-18-26-11-15-28(16-12-26)21-23-20(17-22-24-21)27-13-9-25(10-14-27)8-4-7-19-5-2-1-3-6-19/h1-7,17-18H,8-16H2/b7-4+. The van der Waals surface area contributed by atoms with Crippen molar-refractivity contribution < 1.29 is 4.79 Å². The summed E-state index contributed by atoms with van der Waals surface area (Å²) >= 11 is 0. The van der Waals surface area contributed by atoms with E-state index in [1.54, 1.807) is 11.1 Å². The highest BCUT2D eigenvalue weighted by atomic mass is 16.1. The highest BCUT2D eigenvalue weighted by Crippen LogP contribution is 2.17. The molecule has 1 aromatic carbocycles. The molecule has 0 aliphatic carbocycles. The van der Waals surface area contributed by atoms with Crippen LogP contribution in [0.4, 0.5) is 11.8 Å². The number of benzene rings is 1. The van der Waals surface area contributed by atoms with Crippen molar-refractivity contribution in [3.05, 3.63) is 48.2 Å². The molecule has 0 radical (unpaired) electrons. The summed E-state index contributed by atoms with van der Waals surface area (Å²) in [6, 6.07) is 10.4. The van der Waals surface area contributed by atoms with Crippen molar-refractivity contribution in [1.82, 2.24) is 25.0 Å². The normalized spacial score (nSPS) is 18.4. The molecule has 29 heavy (non-hydrogen) atoms. The van der Waals surface area contributed by atoms with Crippen molar-refractivity contribution in [2.75, 3.05) is 68.7 Å². The van der Waals surface area contributed by atoms with E-state index in [0.717, 1.165) is 58.0 Å². The molecule has 2 saturated heterocycles. The van der Waals surface area contributed by atoms with Gasteiger partial charge in [0.25, 0.3) is 0 Å². The third kappa shape index (κ3) is 5.08. The summed E-state index contributed by atoms with van der Waals surface area (Å²) in [6.07, 6.45) is 7.06. The first kappa shape index (κ1) is 19.3. The van der Waals surface area contributed by atoms with Crippen LogP contribution in [0.15, 0.2) is 42.6 Å². The smallest absolute Gasteiger partial charge is 0.247 e. The Kier molecular flexibility index (Phi) is 6.31. The van der Waals surface area contributed by atoms with Crippen LogP contribution < -0.4 is 9.80 Å². The van der Waals surface area contributed by atoms with Crippen LogP contribution in [0.3, 0.4) is 0 Å². The van der Waals surface area contributed by atoms with E-state index in [0.29, 0.717) is 19.0 Å². The van der Waals surface area contributed by atoms with Gasteiger partial charge in [0.1, 0.15) is 0 Å². The fraction of sp³-hybridized carbons (Fsp3) is 0.429. The van der Waals surface area contributed by atoms with Crippen LogP contribution >= 0.6 is 0 Å². The zero-order valence-electron chi connectivity index (χ0n) is 16.6. The molecule has 8 heteroatoms. The van der Waals surface area contributed by atoms with Crippen molar-refractivity contribution in [2.45, 2.75) is 0 Å². The first-order valence-corrected chi connectivity index (χ1v) is 10.1. The van der Waals surface area contributed by atoms with Gasteiger partial charge in [-0.25, -0.2) is 0 Å². The highest BCUT2D eigenvalue weighted by molar-refractivity contribution is 5.49. The number of nitrogens with zero attached hydrogens (tertiary/aromatic N) is 7. The lowest BCUT2D eigenvalue weighted by atomic mass is 10.2. The molecule has 0 unspecified atom stereocenters. The molecular weight excluding hydrogens is 366 g/mol. The Bertz CT molecular complexity index is 813. The third-order valence-corrected chi connectivity index (χ3v) is 5.45. The summed E-state index contributed by atoms with van der Waals surface area (Å²) in [7, 11) is 0. The van der Waals surface area contributed by atoms with Gasteiger partial charge in [-0.3, -0.25) is 9.69 Å². The molecule has 2 aliphatic rings. The van der Waals surface area contributed by atoms with E-state index in [1.807, 2.05) is 6.07 Å². The van der Waals surface area contributed by atoms with E-state index in [2.05, 4.69) is 61.3 Å². The second-order valence-corrected chi connectivity index (χ2v) is 7.34. The molecule has 2 aromatic rings. The van der Waals surface area contributed by atoms with Crippen molar-refractivity contribution >= 4 is 24.3 Å². The van der Waals surface area contributed by atoms with Crippen molar-refractivity contribution in [1.29, 1.82) is 0 Å². The molecule has 0 atom stereocenters. The number of carbonyl (C=O) groups is 1. The first-order valence-electron chi connectivity index (χ1n) is 10.1.